The number of hydrogen-bond donors (Lipinski definition) is 3. The lowest BCUT2D eigenvalue weighted by Crippen LogP contribution is -2.28. The number of aliphatic hydroxyl groups excluding tert-OH is 2. The van der Waals surface area contributed by atoms with Crippen LogP contribution in [0, 0.1) is 17.3 Å². The summed E-state index contributed by atoms with van der Waals surface area (Å²) >= 11 is 6.48. The molecule has 0 radical (unpaired) electrons. The van der Waals surface area contributed by atoms with Crippen molar-refractivity contribution < 1.29 is 20.1 Å². The Kier molecular flexibility index (Phi) is 10.6. The van der Waals surface area contributed by atoms with Crippen LogP contribution in [-0.4, -0.2) is 38.9 Å². The molecule has 0 heterocycles. The first-order chi connectivity index (χ1) is 12.7. The lowest BCUT2D eigenvalue weighted by Gasteiger charge is -2.29. The number of carbonyl (C=O) groups is 1. The highest BCUT2D eigenvalue weighted by atomic mass is 35.5. The first-order valence-corrected chi connectivity index (χ1v) is 10.7. The minimum absolute atomic E-state index is 0.0290. The molecule has 1 fully saturated rings. The first kappa shape index (κ1) is 24.2. The van der Waals surface area contributed by atoms with Crippen LogP contribution in [0.5, 0.6) is 0 Å². The maximum absolute atomic E-state index is 10.6. The van der Waals surface area contributed by atoms with E-state index >= 15 is 0 Å². The van der Waals surface area contributed by atoms with E-state index in [1.54, 1.807) is 6.08 Å². The molecule has 0 aliphatic heterocycles. The fraction of sp³-hybridized carbons (Fsp3) is 0.773. The zero-order chi connectivity index (χ0) is 20.4. The van der Waals surface area contributed by atoms with E-state index in [0.29, 0.717) is 6.42 Å². The van der Waals surface area contributed by atoms with Gasteiger partial charge in [0.2, 0.25) is 0 Å². The third kappa shape index (κ3) is 8.37. The van der Waals surface area contributed by atoms with Crippen LogP contribution in [0.15, 0.2) is 24.3 Å². The van der Waals surface area contributed by atoms with Gasteiger partial charge in [0.15, 0.2) is 0 Å². The molecule has 0 spiro atoms. The van der Waals surface area contributed by atoms with Gasteiger partial charge in [-0.05, 0) is 43.4 Å². The van der Waals surface area contributed by atoms with E-state index in [1.165, 1.54) is 6.08 Å². The average Bonchev–Trinajstić information content (AvgIpc) is 2.86. The van der Waals surface area contributed by atoms with Gasteiger partial charge in [0.25, 0.3) is 0 Å². The highest BCUT2D eigenvalue weighted by Crippen LogP contribution is 2.40. The minimum Gasteiger partial charge on any atom is -0.478 e. The third-order valence-corrected chi connectivity index (χ3v) is 6.28. The smallest absolute Gasteiger partial charge is 0.327 e. The van der Waals surface area contributed by atoms with Gasteiger partial charge in [-0.3, -0.25) is 0 Å². The standard InChI is InChI=1S/C22H37ClO4/c1-4-5-14-22(2,3)20(25)13-12-17-16(18(23)15-19(17)24)10-8-6-7-9-11-21(26)27/h9,11-13,16-20,24-25H,4-8,10,14-15H2,1-3H3,(H,26,27)/t16-,17-,18-,19-,20-/m1/s1. The molecule has 1 aliphatic rings. The summed E-state index contributed by atoms with van der Waals surface area (Å²) in [6.45, 7) is 6.31. The van der Waals surface area contributed by atoms with Crippen LogP contribution < -0.4 is 0 Å². The van der Waals surface area contributed by atoms with Crippen molar-refractivity contribution in [2.75, 3.05) is 0 Å². The Morgan fingerprint density at radius 1 is 1.30 bits per heavy atom. The topological polar surface area (TPSA) is 77.8 Å². The van der Waals surface area contributed by atoms with Crippen LogP contribution in [0.3, 0.4) is 0 Å². The molecule has 4 nitrogen and oxygen atoms in total. The predicted octanol–water partition coefficient (Wildman–Crippen LogP) is 4.93. The summed E-state index contributed by atoms with van der Waals surface area (Å²) in [5, 5.41) is 29.5. The summed E-state index contributed by atoms with van der Waals surface area (Å²) in [7, 11) is 0. The largest absolute Gasteiger partial charge is 0.478 e. The molecule has 3 N–H and O–H groups in total. The highest BCUT2D eigenvalue weighted by Gasteiger charge is 2.39. The Morgan fingerprint density at radius 2 is 2.00 bits per heavy atom. The van der Waals surface area contributed by atoms with E-state index in [-0.39, 0.29) is 22.6 Å². The lowest BCUT2D eigenvalue weighted by molar-refractivity contribution is -0.131. The number of aliphatic carboxylic acids is 1. The molecule has 0 amide bonds. The zero-order valence-electron chi connectivity index (χ0n) is 17.0. The molecule has 0 bridgehead atoms. The molecule has 0 aromatic carbocycles. The monoisotopic (exact) mass is 400 g/mol. The summed E-state index contributed by atoms with van der Waals surface area (Å²) in [6, 6.07) is 0. The van der Waals surface area contributed by atoms with Crippen molar-refractivity contribution in [1.82, 2.24) is 0 Å². The second-order valence-corrected chi connectivity index (χ2v) is 9.07. The number of halogens is 1. The number of aliphatic hydroxyl groups is 2. The van der Waals surface area contributed by atoms with Gasteiger partial charge < -0.3 is 15.3 Å². The molecule has 0 aromatic rings. The molecule has 1 saturated carbocycles. The summed E-state index contributed by atoms with van der Waals surface area (Å²) in [5.74, 6) is -0.758. The van der Waals surface area contributed by atoms with Crippen LogP contribution in [0.4, 0.5) is 0 Å². The maximum Gasteiger partial charge on any atom is 0.327 e. The quantitative estimate of drug-likeness (QED) is 0.188. The van der Waals surface area contributed by atoms with E-state index < -0.39 is 18.2 Å². The number of alkyl halides is 1. The molecule has 27 heavy (non-hydrogen) atoms. The van der Waals surface area contributed by atoms with Crippen molar-refractivity contribution in [3.8, 4) is 0 Å². The highest BCUT2D eigenvalue weighted by molar-refractivity contribution is 6.21. The van der Waals surface area contributed by atoms with Crippen molar-refractivity contribution >= 4 is 17.6 Å². The van der Waals surface area contributed by atoms with E-state index in [0.717, 1.165) is 44.9 Å². The van der Waals surface area contributed by atoms with Gasteiger partial charge in [0, 0.05) is 17.4 Å². The summed E-state index contributed by atoms with van der Waals surface area (Å²) < 4.78 is 0. The molecule has 1 aliphatic carbocycles. The van der Waals surface area contributed by atoms with Gasteiger partial charge in [-0.25, -0.2) is 4.79 Å². The van der Waals surface area contributed by atoms with Crippen molar-refractivity contribution in [3.05, 3.63) is 24.3 Å². The number of rotatable bonds is 12. The van der Waals surface area contributed by atoms with Crippen LogP contribution in [0.1, 0.15) is 72.1 Å². The summed E-state index contributed by atoms with van der Waals surface area (Å²) in [6.07, 6.45) is 12.9. The molecule has 0 aromatic heterocycles. The van der Waals surface area contributed by atoms with Crippen LogP contribution in [0.2, 0.25) is 0 Å². The van der Waals surface area contributed by atoms with Crippen LogP contribution >= 0.6 is 11.6 Å². The van der Waals surface area contributed by atoms with Crippen LogP contribution in [-0.2, 0) is 4.79 Å². The first-order valence-electron chi connectivity index (χ1n) is 10.3. The third-order valence-electron chi connectivity index (χ3n) is 5.78. The fourth-order valence-electron chi connectivity index (χ4n) is 3.83. The Hall–Kier alpha value is -0.840. The van der Waals surface area contributed by atoms with E-state index in [2.05, 4.69) is 20.8 Å². The molecule has 1 rings (SSSR count). The van der Waals surface area contributed by atoms with Gasteiger partial charge in [-0.1, -0.05) is 58.3 Å². The average molecular weight is 401 g/mol. The number of carboxylic acid groups (broad SMARTS) is 1. The van der Waals surface area contributed by atoms with E-state index in [1.807, 2.05) is 12.2 Å². The maximum atomic E-state index is 10.6. The summed E-state index contributed by atoms with van der Waals surface area (Å²) in [5.41, 5.74) is -0.178. The van der Waals surface area contributed by atoms with Gasteiger partial charge in [-0.2, -0.15) is 0 Å². The Morgan fingerprint density at radius 3 is 2.63 bits per heavy atom. The predicted molar refractivity (Wildman–Crippen MR) is 111 cm³/mol. The minimum atomic E-state index is -0.916. The zero-order valence-corrected chi connectivity index (χ0v) is 17.7. The Labute approximate surface area is 169 Å². The molecule has 0 unspecified atom stereocenters. The van der Waals surface area contributed by atoms with Crippen molar-refractivity contribution in [1.29, 1.82) is 0 Å². The van der Waals surface area contributed by atoms with Crippen molar-refractivity contribution in [3.63, 3.8) is 0 Å². The molecule has 5 heteroatoms. The van der Waals surface area contributed by atoms with Crippen molar-refractivity contribution in [2.45, 2.75) is 89.7 Å². The number of allylic oxidation sites excluding steroid dienone is 1. The molecular weight excluding hydrogens is 364 g/mol. The van der Waals surface area contributed by atoms with Crippen LogP contribution in [0.25, 0.3) is 0 Å². The molecule has 0 saturated heterocycles. The molecule has 5 atom stereocenters. The SMILES string of the molecule is CCCCC(C)(C)[C@H](O)C=C[C@@H]1[C@@H](CCCCC=CC(=O)O)[C@H](Cl)C[C@H]1O. The fourth-order valence-corrected chi connectivity index (χ4v) is 4.31. The number of hydrogen-bond acceptors (Lipinski definition) is 3. The van der Waals surface area contributed by atoms with Gasteiger partial charge in [-0.15, -0.1) is 11.6 Å². The normalized spacial score (nSPS) is 27.6. The number of unbranched alkanes of at least 4 members (excludes halogenated alkanes) is 3. The van der Waals surface area contributed by atoms with E-state index in [9.17, 15) is 15.0 Å². The second kappa shape index (κ2) is 11.9. The number of carboxylic acids is 1. The second-order valence-electron chi connectivity index (χ2n) is 8.51. The Balaban J connectivity index is 2.58. The summed E-state index contributed by atoms with van der Waals surface area (Å²) in [4.78, 5) is 10.5. The van der Waals surface area contributed by atoms with Gasteiger partial charge in [0.05, 0.1) is 12.2 Å². The van der Waals surface area contributed by atoms with Crippen molar-refractivity contribution in [2.24, 2.45) is 17.3 Å². The van der Waals surface area contributed by atoms with E-state index in [4.69, 9.17) is 16.7 Å². The Bertz CT molecular complexity index is 501. The van der Waals surface area contributed by atoms with Gasteiger partial charge in [0.1, 0.15) is 0 Å². The molecule has 156 valence electrons. The van der Waals surface area contributed by atoms with Gasteiger partial charge >= 0.3 is 5.97 Å². The molecular formula is C22H37ClO4. The lowest BCUT2D eigenvalue weighted by atomic mass is 9.80.